The fourth-order valence-corrected chi connectivity index (χ4v) is 5.18. The zero-order valence-electron chi connectivity index (χ0n) is 12.9. The fourth-order valence-electron chi connectivity index (χ4n) is 3.58. The molecule has 1 saturated heterocycles. The standard InChI is InChI=1S/C16H21ClN4S/c1-10-3-4-11-12(9-10)22-15-13(11)14(19-16(17)20-15)21-7-2-5-18-6-8-21/h10,18H,2-9H2,1H3. The minimum atomic E-state index is 0.381. The highest BCUT2D eigenvalue weighted by molar-refractivity contribution is 7.19. The maximum Gasteiger partial charge on any atom is 0.225 e. The van der Waals surface area contributed by atoms with Crippen molar-refractivity contribution in [1.29, 1.82) is 0 Å². The molecule has 118 valence electrons. The van der Waals surface area contributed by atoms with Gasteiger partial charge in [0.05, 0.1) is 5.39 Å². The van der Waals surface area contributed by atoms with Gasteiger partial charge in [-0.25, -0.2) is 4.98 Å². The number of nitrogens with zero attached hydrogens (tertiary/aromatic N) is 3. The number of halogens is 1. The summed E-state index contributed by atoms with van der Waals surface area (Å²) in [5, 5.41) is 5.11. The monoisotopic (exact) mass is 336 g/mol. The van der Waals surface area contributed by atoms with E-state index in [2.05, 4.69) is 27.1 Å². The lowest BCUT2D eigenvalue weighted by molar-refractivity contribution is 0.509. The maximum absolute atomic E-state index is 6.22. The lowest BCUT2D eigenvalue weighted by Gasteiger charge is -2.23. The van der Waals surface area contributed by atoms with Gasteiger partial charge in [0, 0.05) is 24.5 Å². The molecule has 1 unspecified atom stereocenters. The highest BCUT2D eigenvalue weighted by Crippen LogP contribution is 2.41. The first kappa shape index (κ1) is 14.7. The second-order valence-corrected chi connectivity index (χ2v) is 7.86. The molecule has 4 rings (SSSR count). The molecule has 0 aromatic carbocycles. The van der Waals surface area contributed by atoms with Crippen LogP contribution in [0.2, 0.25) is 5.28 Å². The van der Waals surface area contributed by atoms with Gasteiger partial charge < -0.3 is 10.2 Å². The molecule has 0 radical (unpaired) electrons. The first-order valence-electron chi connectivity index (χ1n) is 8.16. The number of aryl methyl sites for hydroxylation is 1. The van der Waals surface area contributed by atoms with Crippen LogP contribution in [0.5, 0.6) is 0 Å². The van der Waals surface area contributed by atoms with Gasteiger partial charge in [0.25, 0.3) is 0 Å². The Morgan fingerprint density at radius 3 is 3.09 bits per heavy atom. The van der Waals surface area contributed by atoms with Gasteiger partial charge in [-0.2, -0.15) is 4.98 Å². The molecule has 1 aliphatic heterocycles. The summed E-state index contributed by atoms with van der Waals surface area (Å²) < 4.78 is 0. The summed E-state index contributed by atoms with van der Waals surface area (Å²) in [6.45, 7) is 6.46. The minimum absolute atomic E-state index is 0.381. The van der Waals surface area contributed by atoms with E-state index in [1.165, 1.54) is 28.7 Å². The van der Waals surface area contributed by atoms with Gasteiger partial charge in [0.2, 0.25) is 5.28 Å². The van der Waals surface area contributed by atoms with E-state index in [1.807, 2.05) is 11.3 Å². The Kier molecular flexibility index (Phi) is 3.96. The minimum Gasteiger partial charge on any atom is -0.355 e. The topological polar surface area (TPSA) is 41.1 Å². The quantitative estimate of drug-likeness (QED) is 0.811. The molecule has 2 aromatic heterocycles. The highest BCUT2D eigenvalue weighted by atomic mass is 35.5. The Hall–Kier alpha value is -0.910. The first-order chi connectivity index (χ1) is 10.7. The Balaban J connectivity index is 1.85. The Morgan fingerprint density at radius 1 is 1.27 bits per heavy atom. The molecule has 0 spiro atoms. The van der Waals surface area contributed by atoms with Crippen LogP contribution in [0.15, 0.2) is 0 Å². The average molecular weight is 337 g/mol. The van der Waals surface area contributed by atoms with Crippen molar-refractivity contribution >= 4 is 39.0 Å². The van der Waals surface area contributed by atoms with E-state index in [-0.39, 0.29) is 0 Å². The Labute approximate surface area is 139 Å². The van der Waals surface area contributed by atoms with E-state index >= 15 is 0 Å². The van der Waals surface area contributed by atoms with Crippen LogP contribution in [0.1, 0.15) is 30.2 Å². The number of hydrogen-bond acceptors (Lipinski definition) is 5. The van der Waals surface area contributed by atoms with E-state index in [0.717, 1.165) is 55.6 Å². The second kappa shape index (κ2) is 5.95. The third-order valence-electron chi connectivity index (χ3n) is 4.75. The SMILES string of the molecule is CC1CCc2c(sc3nc(Cl)nc(N4CCCNCC4)c23)C1. The van der Waals surface area contributed by atoms with Gasteiger partial charge in [0.1, 0.15) is 10.6 Å². The van der Waals surface area contributed by atoms with Gasteiger partial charge in [0.15, 0.2) is 0 Å². The fraction of sp³-hybridized carbons (Fsp3) is 0.625. The molecule has 1 fully saturated rings. The predicted molar refractivity (Wildman–Crippen MR) is 93.3 cm³/mol. The molecular formula is C16H21ClN4S. The highest BCUT2D eigenvalue weighted by Gasteiger charge is 2.26. The summed E-state index contributed by atoms with van der Waals surface area (Å²) in [4.78, 5) is 14.1. The summed E-state index contributed by atoms with van der Waals surface area (Å²) in [6.07, 6.45) is 4.74. The molecule has 1 atom stereocenters. The van der Waals surface area contributed by atoms with Crippen LogP contribution in [0.4, 0.5) is 5.82 Å². The van der Waals surface area contributed by atoms with E-state index in [4.69, 9.17) is 11.6 Å². The normalized spacial score (nSPS) is 22.6. The maximum atomic E-state index is 6.22. The molecule has 3 heterocycles. The van der Waals surface area contributed by atoms with Crippen LogP contribution in [-0.2, 0) is 12.8 Å². The van der Waals surface area contributed by atoms with E-state index in [1.54, 1.807) is 0 Å². The van der Waals surface area contributed by atoms with Crippen LogP contribution in [0, 0.1) is 5.92 Å². The summed E-state index contributed by atoms with van der Waals surface area (Å²) in [5.74, 6) is 1.83. The molecule has 0 amide bonds. The molecule has 6 heteroatoms. The zero-order valence-corrected chi connectivity index (χ0v) is 14.4. The average Bonchev–Trinajstić information content (AvgIpc) is 2.68. The molecule has 2 aromatic rings. The number of hydrogen-bond donors (Lipinski definition) is 1. The van der Waals surface area contributed by atoms with Crippen molar-refractivity contribution < 1.29 is 0 Å². The van der Waals surface area contributed by atoms with Crippen LogP contribution in [0.3, 0.4) is 0 Å². The van der Waals surface area contributed by atoms with Gasteiger partial charge in [-0.15, -0.1) is 11.3 Å². The van der Waals surface area contributed by atoms with E-state index in [0.29, 0.717) is 5.28 Å². The first-order valence-corrected chi connectivity index (χ1v) is 9.35. The van der Waals surface area contributed by atoms with Crippen LogP contribution < -0.4 is 10.2 Å². The predicted octanol–water partition coefficient (Wildman–Crippen LogP) is 3.27. The molecule has 2 aliphatic rings. The number of rotatable bonds is 1. The Bertz CT molecular complexity index is 691. The third-order valence-corrected chi connectivity index (χ3v) is 6.07. The summed E-state index contributed by atoms with van der Waals surface area (Å²) in [6, 6.07) is 0. The van der Waals surface area contributed by atoms with Crippen molar-refractivity contribution in [2.45, 2.75) is 32.6 Å². The number of fused-ring (bicyclic) bond motifs is 3. The number of anilines is 1. The second-order valence-electron chi connectivity index (χ2n) is 6.44. The van der Waals surface area contributed by atoms with Crippen molar-refractivity contribution in [2.75, 3.05) is 31.1 Å². The molecule has 1 aliphatic carbocycles. The largest absolute Gasteiger partial charge is 0.355 e. The lowest BCUT2D eigenvalue weighted by atomic mass is 9.89. The van der Waals surface area contributed by atoms with Crippen LogP contribution in [0.25, 0.3) is 10.2 Å². The van der Waals surface area contributed by atoms with Crippen molar-refractivity contribution in [3.05, 3.63) is 15.7 Å². The molecule has 0 bridgehead atoms. The summed E-state index contributed by atoms with van der Waals surface area (Å²) in [7, 11) is 0. The number of thiophene rings is 1. The molecule has 22 heavy (non-hydrogen) atoms. The third kappa shape index (κ3) is 2.59. The number of nitrogens with one attached hydrogen (secondary N) is 1. The van der Waals surface area contributed by atoms with Crippen molar-refractivity contribution in [3.63, 3.8) is 0 Å². The van der Waals surface area contributed by atoms with Gasteiger partial charge >= 0.3 is 0 Å². The zero-order chi connectivity index (χ0) is 15.1. The molecule has 1 N–H and O–H groups in total. The molecule has 4 nitrogen and oxygen atoms in total. The van der Waals surface area contributed by atoms with Crippen LogP contribution in [-0.4, -0.2) is 36.1 Å². The lowest BCUT2D eigenvalue weighted by Crippen LogP contribution is -2.29. The van der Waals surface area contributed by atoms with Gasteiger partial charge in [-0.05, 0) is 55.3 Å². The van der Waals surface area contributed by atoms with Gasteiger partial charge in [-0.1, -0.05) is 6.92 Å². The summed E-state index contributed by atoms with van der Waals surface area (Å²) in [5.41, 5.74) is 1.49. The van der Waals surface area contributed by atoms with Crippen molar-refractivity contribution in [2.24, 2.45) is 5.92 Å². The van der Waals surface area contributed by atoms with E-state index < -0.39 is 0 Å². The summed E-state index contributed by atoms with van der Waals surface area (Å²) >= 11 is 8.04. The van der Waals surface area contributed by atoms with Gasteiger partial charge in [-0.3, -0.25) is 0 Å². The van der Waals surface area contributed by atoms with E-state index in [9.17, 15) is 0 Å². The van der Waals surface area contributed by atoms with Crippen molar-refractivity contribution in [3.8, 4) is 0 Å². The number of aromatic nitrogens is 2. The smallest absolute Gasteiger partial charge is 0.225 e. The molecular weight excluding hydrogens is 316 g/mol. The Morgan fingerprint density at radius 2 is 2.18 bits per heavy atom. The van der Waals surface area contributed by atoms with Crippen LogP contribution >= 0.6 is 22.9 Å². The van der Waals surface area contributed by atoms with Crippen molar-refractivity contribution in [1.82, 2.24) is 15.3 Å². The molecule has 0 saturated carbocycles.